The lowest BCUT2D eigenvalue weighted by Gasteiger charge is -2.28. The number of pyridine rings is 1. The van der Waals surface area contributed by atoms with E-state index in [0.29, 0.717) is 18.2 Å². The van der Waals surface area contributed by atoms with E-state index in [4.69, 9.17) is 10.5 Å². The Hall–Kier alpha value is -2.24. The van der Waals surface area contributed by atoms with Crippen LogP contribution in [0, 0.1) is 0 Å². The zero-order valence-electron chi connectivity index (χ0n) is 11.6. The van der Waals surface area contributed by atoms with Gasteiger partial charge in [-0.25, -0.2) is 4.98 Å². The molecule has 20 heavy (non-hydrogen) atoms. The smallest absolute Gasteiger partial charge is 0.239 e. The molecule has 0 fully saturated rings. The fraction of sp³-hybridized carbons (Fsp3) is 0.429. The Morgan fingerprint density at radius 2 is 2.25 bits per heavy atom. The molecule has 0 saturated heterocycles. The maximum atomic E-state index is 5.90. The lowest BCUT2D eigenvalue weighted by atomic mass is 10.3. The first-order valence-electron chi connectivity index (χ1n) is 6.92. The van der Waals surface area contributed by atoms with E-state index >= 15 is 0 Å². The normalized spacial score (nSPS) is 14.2. The van der Waals surface area contributed by atoms with Gasteiger partial charge in [0.25, 0.3) is 0 Å². The van der Waals surface area contributed by atoms with Crippen LogP contribution in [0.25, 0.3) is 0 Å². The van der Waals surface area contributed by atoms with Crippen LogP contribution in [0.3, 0.4) is 0 Å². The summed E-state index contributed by atoms with van der Waals surface area (Å²) >= 11 is 0. The minimum absolute atomic E-state index is 0.526. The van der Waals surface area contributed by atoms with Crippen molar-refractivity contribution in [3.63, 3.8) is 0 Å². The topological polar surface area (TPSA) is 69.2 Å². The van der Waals surface area contributed by atoms with E-state index in [-0.39, 0.29) is 0 Å². The third-order valence-electron chi connectivity index (χ3n) is 3.39. The number of aromatic nitrogens is 3. The number of ether oxygens (including phenoxy) is 1. The van der Waals surface area contributed by atoms with Gasteiger partial charge < -0.3 is 19.9 Å². The quantitative estimate of drug-likeness (QED) is 0.917. The van der Waals surface area contributed by atoms with Gasteiger partial charge in [0.1, 0.15) is 11.6 Å². The first kappa shape index (κ1) is 12.8. The molecule has 0 atom stereocenters. The van der Waals surface area contributed by atoms with E-state index in [1.807, 2.05) is 24.5 Å². The van der Waals surface area contributed by atoms with E-state index in [2.05, 4.69) is 26.4 Å². The molecule has 0 spiro atoms. The number of imidazole rings is 1. The monoisotopic (exact) mass is 273 g/mol. The second kappa shape index (κ2) is 5.40. The van der Waals surface area contributed by atoms with Crippen molar-refractivity contribution in [2.24, 2.45) is 0 Å². The minimum atomic E-state index is 0.526. The molecule has 6 heteroatoms. The first-order chi connectivity index (χ1) is 9.78. The number of rotatable bonds is 4. The van der Waals surface area contributed by atoms with Gasteiger partial charge in [-0.05, 0) is 18.6 Å². The minimum Gasteiger partial charge on any atom is -0.476 e. The highest BCUT2D eigenvalue weighted by atomic mass is 16.5. The van der Waals surface area contributed by atoms with Crippen LogP contribution >= 0.6 is 0 Å². The predicted octanol–water partition coefficient (Wildman–Crippen LogP) is 1.67. The van der Waals surface area contributed by atoms with E-state index in [9.17, 15) is 0 Å². The molecule has 0 saturated carbocycles. The van der Waals surface area contributed by atoms with Crippen molar-refractivity contribution in [2.75, 3.05) is 23.8 Å². The summed E-state index contributed by atoms with van der Waals surface area (Å²) in [6.45, 7) is 5.28. The zero-order valence-corrected chi connectivity index (χ0v) is 11.6. The number of nitrogens with zero attached hydrogens (tertiary/aromatic N) is 4. The highest BCUT2D eigenvalue weighted by Crippen LogP contribution is 2.25. The summed E-state index contributed by atoms with van der Waals surface area (Å²) in [5.74, 6) is 2.48. The van der Waals surface area contributed by atoms with E-state index in [1.54, 1.807) is 0 Å². The van der Waals surface area contributed by atoms with Gasteiger partial charge in [0.15, 0.2) is 0 Å². The molecular weight excluding hydrogens is 254 g/mol. The summed E-state index contributed by atoms with van der Waals surface area (Å²) in [7, 11) is 0. The van der Waals surface area contributed by atoms with Gasteiger partial charge in [-0.15, -0.1) is 0 Å². The van der Waals surface area contributed by atoms with Crippen molar-refractivity contribution < 1.29 is 4.74 Å². The number of nitrogen functional groups attached to an aromatic ring is 1. The van der Waals surface area contributed by atoms with Crippen LogP contribution in [0.5, 0.6) is 5.88 Å². The number of hydrogen-bond acceptors (Lipinski definition) is 5. The Balaban J connectivity index is 1.80. The van der Waals surface area contributed by atoms with Crippen molar-refractivity contribution in [2.45, 2.75) is 26.4 Å². The second-order valence-corrected chi connectivity index (χ2v) is 4.87. The summed E-state index contributed by atoms with van der Waals surface area (Å²) in [6.07, 6.45) is 4.79. The Labute approximate surface area is 118 Å². The number of fused-ring (bicyclic) bond motifs is 1. The van der Waals surface area contributed by atoms with Gasteiger partial charge in [0.05, 0.1) is 18.8 Å². The molecule has 1 aliphatic heterocycles. The van der Waals surface area contributed by atoms with Crippen molar-refractivity contribution in [3.05, 3.63) is 30.4 Å². The lowest BCUT2D eigenvalue weighted by Crippen LogP contribution is -2.34. The van der Waals surface area contributed by atoms with Crippen molar-refractivity contribution in [1.82, 2.24) is 14.5 Å². The largest absolute Gasteiger partial charge is 0.476 e. The highest BCUT2D eigenvalue weighted by molar-refractivity contribution is 5.54. The van der Waals surface area contributed by atoms with Gasteiger partial charge in [-0.1, -0.05) is 6.92 Å². The van der Waals surface area contributed by atoms with Crippen LogP contribution < -0.4 is 15.4 Å². The third-order valence-corrected chi connectivity index (χ3v) is 3.39. The molecule has 6 nitrogen and oxygen atoms in total. The Bertz CT molecular complexity index is 595. The van der Waals surface area contributed by atoms with E-state index in [0.717, 1.165) is 37.7 Å². The van der Waals surface area contributed by atoms with Crippen molar-refractivity contribution >= 4 is 11.5 Å². The molecular formula is C14H19N5O. The van der Waals surface area contributed by atoms with Crippen LogP contribution in [0.2, 0.25) is 0 Å². The second-order valence-electron chi connectivity index (χ2n) is 4.87. The van der Waals surface area contributed by atoms with Gasteiger partial charge in [-0.2, -0.15) is 4.98 Å². The van der Waals surface area contributed by atoms with Crippen LogP contribution in [0.1, 0.15) is 19.2 Å². The van der Waals surface area contributed by atoms with Gasteiger partial charge in [0.2, 0.25) is 5.88 Å². The molecule has 106 valence electrons. The molecule has 0 aliphatic carbocycles. The predicted molar refractivity (Wildman–Crippen MR) is 77.7 cm³/mol. The molecule has 0 aromatic carbocycles. The number of nitrogens with two attached hydrogens (primary N) is 1. The third kappa shape index (κ3) is 2.41. The van der Waals surface area contributed by atoms with Crippen LogP contribution in [0.15, 0.2) is 24.5 Å². The van der Waals surface area contributed by atoms with Crippen LogP contribution in [0.4, 0.5) is 11.5 Å². The molecule has 2 N–H and O–H groups in total. The van der Waals surface area contributed by atoms with E-state index < -0.39 is 0 Å². The maximum absolute atomic E-state index is 5.90. The van der Waals surface area contributed by atoms with Crippen LogP contribution in [-0.4, -0.2) is 27.7 Å². The molecule has 3 heterocycles. The maximum Gasteiger partial charge on any atom is 0.239 e. The van der Waals surface area contributed by atoms with Crippen LogP contribution in [-0.2, 0) is 13.1 Å². The van der Waals surface area contributed by atoms with E-state index in [1.165, 1.54) is 0 Å². The van der Waals surface area contributed by atoms with Gasteiger partial charge >= 0.3 is 0 Å². The fourth-order valence-electron chi connectivity index (χ4n) is 2.30. The fourth-order valence-corrected chi connectivity index (χ4v) is 2.30. The molecule has 0 bridgehead atoms. The summed E-state index contributed by atoms with van der Waals surface area (Å²) in [5, 5.41) is 0. The molecule has 0 unspecified atom stereocenters. The summed E-state index contributed by atoms with van der Waals surface area (Å²) in [5.41, 5.74) is 6.48. The first-order valence-corrected chi connectivity index (χ1v) is 6.92. The van der Waals surface area contributed by atoms with Gasteiger partial charge in [0, 0.05) is 25.5 Å². The van der Waals surface area contributed by atoms with Crippen molar-refractivity contribution in [1.29, 1.82) is 0 Å². The molecule has 3 rings (SSSR count). The number of anilines is 2. The zero-order chi connectivity index (χ0) is 13.9. The summed E-state index contributed by atoms with van der Waals surface area (Å²) < 4.78 is 7.76. The average Bonchev–Trinajstić information content (AvgIpc) is 2.94. The number of hydrogen-bond donors (Lipinski definition) is 1. The molecule has 1 aliphatic rings. The standard InChI is InChI=1S/C14H19N5O/c1-2-9-20-14-11(15)3-4-12(17-14)19-8-7-18-6-5-16-13(18)10-19/h3-6H,2,7-10,15H2,1H3. The Morgan fingerprint density at radius 3 is 3.10 bits per heavy atom. The van der Waals surface area contributed by atoms with Crippen molar-refractivity contribution in [3.8, 4) is 5.88 Å². The Kier molecular flexibility index (Phi) is 3.45. The van der Waals surface area contributed by atoms with Gasteiger partial charge in [-0.3, -0.25) is 0 Å². The SMILES string of the molecule is CCCOc1nc(N2CCn3ccnc3C2)ccc1N. The molecule has 0 amide bonds. The summed E-state index contributed by atoms with van der Waals surface area (Å²) in [6, 6.07) is 3.79. The highest BCUT2D eigenvalue weighted by Gasteiger charge is 2.18. The average molecular weight is 273 g/mol. The summed E-state index contributed by atoms with van der Waals surface area (Å²) in [4.78, 5) is 11.1. The molecule has 0 radical (unpaired) electrons. The Morgan fingerprint density at radius 1 is 1.35 bits per heavy atom. The molecule has 2 aromatic heterocycles. The molecule has 2 aromatic rings. The lowest BCUT2D eigenvalue weighted by molar-refractivity contribution is 0.307.